The van der Waals surface area contributed by atoms with Crippen molar-refractivity contribution in [3.05, 3.63) is 64.7 Å². The van der Waals surface area contributed by atoms with Gasteiger partial charge in [0.15, 0.2) is 0 Å². The maximum absolute atomic E-state index is 12.8. The van der Waals surface area contributed by atoms with Gasteiger partial charge in [0.1, 0.15) is 11.8 Å². The van der Waals surface area contributed by atoms with Crippen LogP contribution in [-0.4, -0.2) is 40.4 Å². The van der Waals surface area contributed by atoms with Crippen LogP contribution in [0.2, 0.25) is 5.02 Å². The summed E-state index contributed by atoms with van der Waals surface area (Å²) >= 11 is 5.94. The van der Waals surface area contributed by atoms with Gasteiger partial charge in [-0.15, -0.1) is 0 Å². The van der Waals surface area contributed by atoms with Gasteiger partial charge in [-0.05, 0) is 49.4 Å². The Morgan fingerprint density at radius 3 is 2.76 bits per heavy atom. The first-order valence-electron chi connectivity index (χ1n) is 9.81. The molecule has 1 saturated heterocycles. The Hall–Kier alpha value is -2.57. The van der Waals surface area contributed by atoms with Crippen LogP contribution in [-0.2, 0) is 22.6 Å². The highest BCUT2D eigenvalue weighted by atomic mass is 35.5. The van der Waals surface area contributed by atoms with Gasteiger partial charge in [0.2, 0.25) is 11.8 Å². The van der Waals surface area contributed by atoms with Crippen molar-refractivity contribution >= 4 is 23.4 Å². The molecule has 0 spiro atoms. The maximum Gasteiger partial charge on any atom is 0.243 e. The van der Waals surface area contributed by atoms with Gasteiger partial charge in [0, 0.05) is 23.7 Å². The molecule has 2 aromatic carbocycles. The highest BCUT2D eigenvalue weighted by Gasteiger charge is 2.35. The summed E-state index contributed by atoms with van der Waals surface area (Å²) in [5.41, 5.74) is 7.80. The van der Waals surface area contributed by atoms with Crippen LogP contribution in [0.1, 0.15) is 30.4 Å². The highest BCUT2D eigenvalue weighted by molar-refractivity contribution is 6.30. The van der Waals surface area contributed by atoms with Crippen LogP contribution in [0.4, 0.5) is 0 Å². The first-order chi connectivity index (χ1) is 14.0. The van der Waals surface area contributed by atoms with Crippen LogP contribution >= 0.6 is 11.6 Å². The Balaban J connectivity index is 1.55. The zero-order chi connectivity index (χ0) is 20.8. The van der Waals surface area contributed by atoms with E-state index in [1.807, 2.05) is 30.3 Å². The third-order valence-electron chi connectivity index (χ3n) is 5.24. The lowest BCUT2D eigenvalue weighted by atomic mass is 10.0. The summed E-state index contributed by atoms with van der Waals surface area (Å²) < 4.78 is 0. The molecule has 4 N–H and O–H groups in total. The largest absolute Gasteiger partial charge is 0.508 e. The molecule has 0 aliphatic carbocycles. The number of hydrogen-bond donors (Lipinski definition) is 3. The first-order valence-corrected chi connectivity index (χ1v) is 10.2. The summed E-state index contributed by atoms with van der Waals surface area (Å²) in [4.78, 5) is 27.1. The van der Waals surface area contributed by atoms with Crippen molar-refractivity contribution in [1.82, 2.24) is 10.2 Å². The van der Waals surface area contributed by atoms with Crippen molar-refractivity contribution in [3.63, 3.8) is 0 Å². The topological polar surface area (TPSA) is 95.7 Å². The molecule has 3 rings (SSSR count). The Labute approximate surface area is 175 Å². The molecule has 0 radical (unpaired) electrons. The minimum Gasteiger partial charge on any atom is -0.508 e. The number of hydrogen-bond acceptors (Lipinski definition) is 4. The molecule has 0 bridgehead atoms. The first kappa shape index (κ1) is 21.1. The minimum absolute atomic E-state index is 0.0667. The molecule has 0 saturated carbocycles. The number of nitrogens with one attached hydrogen (secondary N) is 1. The zero-order valence-corrected chi connectivity index (χ0v) is 16.9. The molecule has 1 fully saturated rings. The number of carbonyl (C=O) groups excluding carboxylic acids is 2. The summed E-state index contributed by atoms with van der Waals surface area (Å²) in [6.07, 6.45) is 2.61. The second kappa shape index (κ2) is 9.76. The summed E-state index contributed by atoms with van der Waals surface area (Å²) in [5, 5.41) is 13.2. The molecule has 2 aromatic rings. The smallest absolute Gasteiger partial charge is 0.243 e. The highest BCUT2D eigenvalue weighted by Crippen LogP contribution is 2.22. The zero-order valence-electron chi connectivity index (χ0n) is 16.2. The standard InChI is InChI=1S/C22H26ClN3O3/c23-17-9-11-20(27)16(13-17)14-25-21(28)19-7-4-12-26(19)22(29)18(24)10-8-15-5-2-1-3-6-15/h1-3,5-6,9,11,13,18-19,27H,4,7-8,10,12,14,24H2,(H,25,28). The SMILES string of the molecule is NC(CCc1ccccc1)C(=O)N1CCCC1C(=O)NCc1cc(Cl)ccc1O. The van der Waals surface area contributed by atoms with Gasteiger partial charge < -0.3 is 21.1 Å². The predicted octanol–water partition coefficient (Wildman–Crippen LogP) is 2.61. The van der Waals surface area contributed by atoms with E-state index in [0.717, 1.165) is 12.0 Å². The molecule has 29 heavy (non-hydrogen) atoms. The number of rotatable bonds is 7. The van der Waals surface area contributed by atoms with Crippen LogP contribution < -0.4 is 11.1 Å². The molecule has 2 unspecified atom stereocenters. The van der Waals surface area contributed by atoms with E-state index in [2.05, 4.69) is 5.32 Å². The average molecular weight is 416 g/mol. The Bertz CT molecular complexity index is 860. The van der Waals surface area contributed by atoms with Crippen LogP contribution in [0.5, 0.6) is 5.75 Å². The average Bonchev–Trinajstić information content (AvgIpc) is 3.22. The van der Waals surface area contributed by atoms with Crippen molar-refractivity contribution in [2.45, 2.75) is 44.3 Å². The molecule has 7 heteroatoms. The van der Waals surface area contributed by atoms with Crippen LogP contribution in [0, 0.1) is 0 Å². The predicted molar refractivity (Wildman–Crippen MR) is 112 cm³/mol. The van der Waals surface area contributed by atoms with Gasteiger partial charge in [0.05, 0.1) is 6.04 Å². The number of aromatic hydroxyl groups is 1. The van der Waals surface area contributed by atoms with Crippen LogP contribution in [0.3, 0.4) is 0 Å². The lowest BCUT2D eigenvalue weighted by molar-refractivity contribution is -0.139. The quantitative estimate of drug-likeness (QED) is 0.647. The monoisotopic (exact) mass is 415 g/mol. The summed E-state index contributed by atoms with van der Waals surface area (Å²) in [5.74, 6) is -0.369. The van der Waals surface area contributed by atoms with E-state index in [0.29, 0.717) is 36.4 Å². The summed E-state index contributed by atoms with van der Waals surface area (Å²) in [7, 11) is 0. The molecule has 1 aliphatic rings. The fourth-order valence-electron chi connectivity index (χ4n) is 3.60. The number of halogens is 1. The number of carbonyl (C=O) groups is 2. The Morgan fingerprint density at radius 2 is 2.00 bits per heavy atom. The van der Waals surface area contributed by atoms with Gasteiger partial charge in [-0.1, -0.05) is 41.9 Å². The third kappa shape index (κ3) is 5.49. The van der Waals surface area contributed by atoms with Crippen molar-refractivity contribution in [1.29, 1.82) is 0 Å². The molecule has 154 valence electrons. The van der Waals surface area contributed by atoms with Gasteiger partial charge in [-0.3, -0.25) is 9.59 Å². The van der Waals surface area contributed by atoms with E-state index in [9.17, 15) is 14.7 Å². The molecule has 1 heterocycles. The fourth-order valence-corrected chi connectivity index (χ4v) is 3.80. The lowest BCUT2D eigenvalue weighted by Gasteiger charge is -2.26. The van der Waals surface area contributed by atoms with Crippen molar-refractivity contribution in [3.8, 4) is 5.75 Å². The van der Waals surface area contributed by atoms with Gasteiger partial charge in [0.25, 0.3) is 0 Å². The number of nitrogens with two attached hydrogens (primary N) is 1. The number of aryl methyl sites for hydroxylation is 1. The molecule has 6 nitrogen and oxygen atoms in total. The van der Waals surface area contributed by atoms with Crippen LogP contribution in [0.25, 0.3) is 0 Å². The number of phenols is 1. The molecular formula is C22H26ClN3O3. The summed E-state index contributed by atoms with van der Waals surface area (Å²) in [6.45, 7) is 0.669. The number of likely N-dealkylation sites (tertiary alicyclic amines) is 1. The maximum atomic E-state index is 12.8. The van der Waals surface area contributed by atoms with E-state index in [4.69, 9.17) is 17.3 Å². The molecular weight excluding hydrogens is 390 g/mol. The van der Waals surface area contributed by atoms with Crippen molar-refractivity contribution in [2.24, 2.45) is 5.73 Å². The van der Waals surface area contributed by atoms with Crippen LogP contribution in [0.15, 0.2) is 48.5 Å². The third-order valence-corrected chi connectivity index (χ3v) is 5.47. The normalized spacial score (nSPS) is 17.2. The number of nitrogens with zero attached hydrogens (tertiary/aromatic N) is 1. The van der Waals surface area contributed by atoms with Gasteiger partial charge in [-0.25, -0.2) is 0 Å². The lowest BCUT2D eigenvalue weighted by Crippen LogP contribution is -2.51. The van der Waals surface area contributed by atoms with E-state index in [-0.39, 0.29) is 24.1 Å². The van der Waals surface area contributed by atoms with Crippen molar-refractivity contribution in [2.75, 3.05) is 6.54 Å². The second-order valence-corrected chi connectivity index (χ2v) is 7.75. The van der Waals surface area contributed by atoms with E-state index < -0.39 is 12.1 Å². The Morgan fingerprint density at radius 1 is 1.24 bits per heavy atom. The molecule has 1 aliphatic heterocycles. The van der Waals surface area contributed by atoms with Gasteiger partial charge in [-0.2, -0.15) is 0 Å². The minimum atomic E-state index is -0.638. The van der Waals surface area contributed by atoms with E-state index in [1.165, 1.54) is 6.07 Å². The summed E-state index contributed by atoms with van der Waals surface area (Å²) in [6, 6.07) is 13.4. The number of benzene rings is 2. The van der Waals surface area contributed by atoms with Crippen molar-refractivity contribution < 1.29 is 14.7 Å². The second-order valence-electron chi connectivity index (χ2n) is 7.31. The van der Waals surface area contributed by atoms with Gasteiger partial charge >= 0.3 is 0 Å². The van der Waals surface area contributed by atoms with E-state index in [1.54, 1.807) is 17.0 Å². The number of phenolic OH excluding ortho intramolecular Hbond substituents is 1. The molecule has 0 aromatic heterocycles. The number of amides is 2. The molecule has 2 amide bonds. The Kier molecular flexibility index (Phi) is 7.12. The fraction of sp³-hybridized carbons (Fsp3) is 0.364. The molecule has 2 atom stereocenters. The van der Waals surface area contributed by atoms with E-state index >= 15 is 0 Å².